The number of aryl methyl sites for hydroxylation is 1. The fraction of sp³-hybridized carbons (Fsp3) is 0.481. The smallest absolute Gasteiger partial charge is 0.223 e. The van der Waals surface area contributed by atoms with Crippen LogP contribution in [0.5, 0.6) is 0 Å². The van der Waals surface area contributed by atoms with Gasteiger partial charge in [0.2, 0.25) is 5.91 Å². The minimum atomic E-state index is -0.385. The van der Waals surface area contributed by atoms with Crippen LogP contribution in [0.4, 0.5) is 11.6 Å². The van der Waals surface area contributed by atoms with Crippen LogP contribution in [0.25, 0.3) is 10.6 Å². The number of rotatable bonds is 7. The molecule has 0 saturated heterocycles. The van der Waals surface area contributed by atoms with Gasteiger partial charge in [-0.25, -0.2) is 15.0 Å². The molecule has 0 aliphatic heterocycles. The maximum absolute atomic E-state index is 12.9. The first-order valence-electron chi connectivity index (χ1n) is 12.6. The average molecular weight is 492 g/mol. The molecule has 2 aliphatic carbocycles. The van der Waals surface area contributed by atoms with Crippen molar-refractivity contribution in [3.63, 3.8) is 0 Å². The highest BCUT2D eigenvalue weighted by Crippen LogP contribution is 2.40. The largest absolute Gasteiger partial charge is 0.394 e. The minimum absolute atomic E-state index is 0.0364. The van der Waals surface area contributed by atoms with E-state index in [1.807, 2.05) is 43.5 Å². The number of pyridine rings is 2. The Hall–Kier alpha value is -2.84. The van der Waals surface area contributed by atoms with E-state index >= 15 is 0 Å². The van der Waals surface area contributed by atoms with Gasteiger partial charge in [0.25, 0.3) is 0 Å². The van der Waals surface area contributed by atoms with E-state index in [0.717, 1.165) is 84.1 Å². The van der Waals surface area contributed by atoms with E-state index in [1.54, 1.807) is 17.5 Å². The Morgan fingerprint density at radius 2 is 1.91 bits per heavy atom. The maximum atomic E-state index is 12.9. The number of hydrogen-bond acceptors (Lipinski definition) is 7. The highest BCUT2D eigenvalue weighted by molar-refractivity contribution is 7.15. The molecule has 0 bridgehead atoms. The molecule has 5 rings (SSSR count). The van der Waals surface area contributed by atoms with Crippen LogP contribution in [-0.4, -0.2) is 38.1 Å². The van der Waals surface area contributed by atoms with Crippen molar-refractivity contribution in [3.05, 3.63) is 53.3 Å². The van der Waals surface area contributed by atoms with Crippen molar-refractivity contribution >= 4 is 28.9 Å². The molecule has 2 saturated carbocycles. The molecular formula is C27H33N5O2S. The number of carbonyl (C=O) groups excluding carboxylic acids is 1. The number of aliphatic hydroxyl groups excluding tert-OH is 1. The van der Waals surface area contributed by atoms with Gasteiger partial charge in [0, 0.05) is 24.2 Å². The van der Waals surface area contributed by atoms with E-state index in [4.69, 9.17) is 9.97 Å². The number of thiazole rings is 1. The number of hydrogen-bond donors (Lipinski definition) is 3. The van der Waals surface area contributed by atoms with Gasteiger partial charge in [-0.1, -0.05) is 18.9 Å². The lowest BCUT2D eigenvalue weighted by molar-refractivity contribution is -0.128. The van der Waals surface area contributed by atoms with Crippen LogP contribution in [0.1, 0.15) is 67.9 Å². The van der Waals surface area contributed by atoms with Gasteiger partial charge >= 0.3 is 0 Å². The number of anilines is 2. The van der Waals surface area contributed by atoms with E-state index < -0.39 is 0 Å². The zero-order valence-corrected chi connectivity index (χ0v) is 21.0. The van der Waals surface area contributed by atoms with Crippen LogP contribution in [0, 0.1) is 12.8 Å². The average Bonchev–Trinajstić information content (AvgIpc) is 3.55. The summed E-state index contributed by atoms with van der Waals surface area (Å²) in [6.07, 6.45) is 11.3. The number of aromatic nitrogens is 3. The number of nitrogens with one attached hydrogen (secondary N) is 2. The summed E-state index contributed by atoms with van der Waals surface area (Å²) in [5, 5.41) is 17.4. The third-order valence-corrected chi connectivity index (χ3v) is 8.58. The van der Waals surface area contributed by atoms with Crippen molar-refractivity contribution in [2.45, 2.75) is 69.7 Å². The van der Waals surface area contributed by atoms with Gasteiger partial charge in [0.05, 0.1) is 27.7 Å². The van der Waals surface area contributed by atoms with Gasteiger partial charge in [0.1, 0.15) is 11.6 Å². The van der Waals surface area contributed by atoms with Gasteiger partial charge in [-0.2, -0.15) is 0 Å². The number of aliphatic hydroxyl groups is 1. The van der Waals surface area contributed by atoms with Crippen LogP contribution in [-0.2, 0) is 4.79 Å². The first-order chi connectivity index (χ1) is 17.0. The Kier molecular flexibility index (Phi) is 7.11. The molecule has 3 aromatic heterocycles. The fourth-order valence-electron chi connectivity index (χ4n) is 5.31. The molecule has 0 unspecified atom stereocenters. The molecule has 3 aromatic rings. The van der Waals surface area contributed by atoms with Crippen molar-refractivity contribution in [1.29, 1.82) is 0 Å². The molecule has 3 N–H and O–H groups in total. The third-order valence-electron chi connectivity index (χ3n) is 7.40. The second-order valence-corrected chi connectivity index (χ2v) is 11.1. The zero-order valence-electron chi connectivity index (χ0n) is 20.2. The molecule has 0 atom stereocenters. The molecule has 2 aliphatic rings. The Balaban J connectivity index is 1.19. The van der Waals surface area contributed by atoms with Gasteiger partial charge in [-0.15, -0.1) is 11.3 Å². The predicted molar refractivity (Wildman–Crippen MR) is 139 cm³/mol. The Morgan fingerprint density at radius 3 is 2.66 bits per heavy atom. The van der Waals surface area contributed by atoms with E-state index in [2.05, 4.69) is 15.6 Å². The number of amides is 1. The second kappa shape index (κ2) is 10.4. The van der Waals surface area contributed by atoms with Crippen LogP contribution < -0.4 is 10.6 Å². The van der Waals surface area contributed by atoms with Crippen LogP contribution in [0.2, 0.25) is 0 Å². The van der Waals surface area contributed by atoms with Crippen LogP contribution in [0.3, 0.4) is 0 Å². The lowest BCUT2D eigenvalue weighted by atomic mass is 9.81. The molecular weight excluding hydrogens is 458 g/mol. The fourth-order valence-corrected chi connectivity index (χ4v) is 6.37. The van der Waals surface area contributed by atoms with Gasteiger partial charge in [0.15, 0.2) is 0 Å². The molecule has 3 heterocycles. The summed E-state index contributed by atoms with van der Waals surface area (Å²) < 4.78 is 0. The molecule has 35 heavy (non-hydrogen) atoms. The summed E-state index contributed by atoms with van der Waals surface area (Å²) in [6, 6.07) is 9.90. The van der Waals surface area contributed by atoms with E-state index in [-0.39, 0.29) is 24.0 Å². The van der Waals surface area contributed by atoms with Gasteiger partial charge in [-0.05, 0) is 75.3 Å². The number of carbonyl (C=O) groups is 1. The highest BCUT2D eigenvalue weighted by Gasteiger charge is 2.37. The molecule has 0 spiro atoms. The van der Waals surface area contributed by atoms with Crippen molar-refractivity contribution in [3.8, 4) is 10.6 Å². The molecule has 184 valence electrons. The first kappa shape index (κ1) is 23.9. The number of nitrogens with zero attached hydrogens (tertiary/aromatic N) is 3. The summed E-state index contributed by atoms with van der Waals surface area (Å²) >= 11 is 1.70. The topological polar surface area (TPSA) is 100 Å². The molecule has 7 nitrogen and oxygen atoms in total. The first-order valence-corrected chi connectivity index (χ1v) is 13.4. The summed E-state index contributed by atoms with van der Waals surface area (Å²) in [4.78, 5) is 27.8. The van der Waals surface area contributed by atoms with Crippen LogP contribution >= 0.6 is 11.3 Å². The van der Waals surface area contributed by atoms with E-state index in [0.29, 0.717) is 5.92 Å². The second-order valence-electron chi connectivity index (χ2n) is 10.00. The zero-order chi connectivity index (χ0) is 24.3. The molecule has 2 fully saturated rings. The summed E-state index contributed by atoms with van der Waals surface area (Å²) in [7, 11) is 0. The third kappa shape index (κ3) is 5.54. The maximum Gasteiger partial charge on any atom is 0.223 e. The quantitative estimate of drug-likeness (QED) is 0.412. The Bertz CT molecular complexity index is 1170. The predicted octanol–water partition coefficient (Wildman–Crippen LogP) is 5.35. The Labute approximate surface area is 210 Å². The van der Waals surface area contributed by atoms with Gasteiger partial charge in [-0.3, -0.25) is 4.79 Å². The highest BCUT2D eigenvalue weighted by atomic mass is 32.1. The molecule has 8 heteroatoms. The van der Waals surface area contributed by atoms with E-state index in [1.165, 1.54) is 0 Å². The van der Waals surface area contributed by atoms with Crippen LogP contribution in [0.15, 0.2) is 42.7 Å². The SMILES string of the molecule is Cc1ccnc(Nc2cccc(-c3cnc(C4CCC(C(=O)NC5(CO)CCCC5)CC4)s3)n2)c1. The van der Waals surface area contributed by atoms with Crippen molar-refractivity contribution in [1.82, 2.24) is 20.3 Å². The minimum Gasteiger partial charge on any atom is -0.394 e. The summed E-state index contributed by atoms with van der Waals surface area (Å²) in [6.45, 7) is 2.08. The normalized spacial score (nSPS) is 21.5. The van der Waals surface area contributed by atoms with Crippen molar-refractivity contribution in [2.75, 3.05) is 11.9 Å². The summed E-state index contributed by atoms with van der Waals surface area (Å²) in [5.41, 5.74) is 1.65. The summed E-state index contributed by atoms with van der Waals surface area (Å²) in [5.74, 6) is 2.07. The Morgan fingerprint density at radius 1 is 1.11 bits per heavy atom. The van der Waals surface area contributed by atoms with Crippen molar-refractivity contribution in [2.24, 2.45) is 5.92 Å². The van der Waals surface area contributed by atoms with Gasteiger partial charge < -0.3 is 15.7 Å². The van der Waals surface area contributed by atoms with Crippen molar-refractivity contribution < 1.29 is 9.90 Å². The molecule has 0 radical (unpaired) electrons. The molecule has 0 aromatic carbocycles. The lowest BCUT2D eigenvalue weighted by Gasteiger charge is -2.32. The monoisotopic (exact) mass is 491 g/mol. The standard InChI is InChI=1S/C27H33N5O2S/c1-18-11-14-28-24(15-18)31-23-6-4-5-21(30-23)22-16-29-26(35-22)20-9-7-19(8-10-20)25(34)32-27(17-33)12-2-3-13-27/h4-6,11,14-16,19-20,33H,2-3,7-10,12-13,17H2,1H3,(H,32,34)(H,28,30,31). The van der Waals surface area contributed by atoms with E-state index in [9.17, 15) is 9.90 Å². The molecule has 1 amide bonds. The lowest BCUT2D eigenvalue weighted by Crippen LogP contribution is -2.51.